The lowest BCUT2D eigenvalue weighted by molar-refractivity contribution is 0.0950. The molecule has 2 aromatic carbocycles. The van der Waals surface area contributed by atoms with Gasteiger partial charge in [0, 0.05) is 35.9 Å². The number of hydrogen-bond acceptors (Lipinski definition) is 5. The number of nitrogens with zero attached hydrogens (tertiary/aromatic N) is 4. The third-order valence-corrected chi connectivity index (χ3v) is 6.76. The van der Waals surface area contributed by atoms with Crippen molar-refractivity contribution in [3.63, 3.8) is 0 Å². The average molecular weight is 485 g/mol. The molecule has 0 saturated carbocycles. The molecule has 3 aromatic heterocycles. The molecular formula is C27H25ClN6O. The first-order valence-corrected chi connectivity index (χ1v) is 11.7. The highest BCUT2D eigenvalue weighted by molar-refractivity contribution is 6.31. The number of amides is 1. The predicted octanol–water partition coefficient (Wildman–Crippen LogP) is 5.37. The van der Waals surface area contributed by atoms with E-state index in [-0.39, 0.29) is 11.9 Å². The third kappa shape index (κ3) is 4.31. The minimum atomic E-state index is -0.175. The van der Waals surface area contributed by atoms with E-state index < -0.39 is 0 Å². The van der Waals surface area contributed by atoms with Crippen molar-refractivity contribution in [1.82, 2.24) is 25.1 Å². The number of aromatic nitrogens is 4. The summed E-state index contributed by atoms with van der Waals surface area (Å²) in [6, 6.07) is 11.8. The summed E-state index contributed by atoms with van der Waals surface area (Å²) >= 11 is 6.10. The molecule has 3 N–H and O–H groups in total. The van der Waals surface area contributed by atoms with Gasteiger partial charge in [-0.3, -0.25) is 14.5 Å². The number of hydrogen-bond donors (Lipinski definition) is 2. The topological polar surface area (TPSA) is 98.7 Å². The summed E-state index contributed by atoms with van der Waals surface area (Å²) in [5.74, 6) is 0.336. The van der Waals surface area contributed by atoms with E-state index in [1.54, 1.807) is 29.5 Å². The molecule has 0 aliphatic heterocycles. The molecule has 0 aliphatic carbocycles. The Kier molecular flexibility index (Phi) is 5.86. The predicted molar refractivity (Wildman–Crippen MR) is 140 cm³/mol. The zero-order valence-electron chi connectivity index (χ0n) is 19.7. The molecule has 0 bridgehead atoms. The number of anilines is 1. The molecule has 1 amide bonds. The molecule has 1 unspecified atom stereocenters. The molecule has 35 heavy (non-hydrogen) atoms. The van der Waals surface area contributed by atoms with Crippen molar-refractivity contribution in [2.24, 2.45) is 0 Å². The summed E-state index contributed by atoms with van der Waals surface area (Å²) in [5, 5.41) is 11.0. The highest BCUT2D eigenvalue weighted by atomic mass is 35.5. The molecule has 176 valence electrons. The number of fused-ring (bicyclic) bond motifs is 2. The summed E-state index contributed by atoms with van der Waals surface area (Å²) in [6.07, 6.45) is 6.71. The average Bonchev–Trinajstić information content (AvgIpc) is 3.34. The molecule has 0 aliphatic rings. The molecule has 5 aromatic rings. The van der Waals surface area contributed by atoms with Crippen LogP contribution in [0, 0.1) is 13.8 Å². The summed E-state index contributed by atoms with van der Waals surface area (Å²) in [4.78, 5) is 21.4. The molecule has 0 fully saturated rings. The Labute approximate surface area is 207 Å². The van der Waals surface area contributed by atoms with Crippen molar-refractivity contribution < 1.29 is 4.79 Å². The van der Waals surface area contributed by atoms with E-state index in [0.717, 1.165) is 43.9 Å². The molecule has 5 rings (SSSR count). The van der Waals surface area contributed by atoms with Crippen molar-refractivity contribution in [1.29, 1.82) is 0 Å². The van der Waals surface area contributed by atoms with Crippen LogP contribution in [0.3, 0.4) is 0 Å². The van der Waals surface area contributed by atoms with Gasteiger partial charge in [-0.2, -0.15) is 5.10 Å². The Morgan fingerprint density at radius 3 is 2.77 bits per heavy atom. The second-order valence-electron chi connectivity index (χ2n) is 8.76. The van der Waals surface area contributed by atoms with Gasteiger partial charge in [0.1, 0.15) is 5.82 Å². The van der Waals surface area contributed by atoms with Crippen molar-refractivity contribution in [3.05, 3.63) is 94.0 Å². The Morgan fingerprint density at radius 1 is 1.11 bits per heavy atom. The number of nitrogen functional groups attached to an aromatic ring is 1. The first kappa shape index (κ1) is 22.8. The van der Waals surface area contributed by atoms with Crippen LogP contribution in [-0.4, -0.2) is 25.7 Å². The van der Waals surface area contributed by atoms with Crippen LogP contribution in [0.2, 0.25) is 5.02 Å². The van der Waals surface area contributed by atoms with Gasteiger partial charge >= 0.3 is 0 Å². The van der Waals surface area contributed by atoms with Crippen LogP contribution in [0.5, 0.6) is 0 Å². The van der Waals surface area contributed by atoms with Gasteiger partial charge in [-0.1, -0.05) is 17.7 Å². The lowest BCUT2D eigenvalue weighted by Gasteiger charge is -2.15. The molecule has 0 saturated heterocycles. The van der Waals surface area contributed by atoms with E-state index in [4.69, 9.17) is 17.3 Å². The van der Waals surface area contributed by atoms with E-state index in [9.17, 15) is 4.79 Å². The minimum absolute atomic E-state index is 0.0658. The molecule has 1 atom stereocenters. The van der Waals surface area contributed by atoms with Gasteiger partial charge in [0.15, 0.2) is 0 Å². The van der Waals surface area contributed by atoms with Gasteiger partial charge in [-0.25, -0.2) is 4.98 Å². The zero-order valence-corrected chi connectivity index (χ0v) is 20.5. The maximum Gasteiger partial charge on any atom is 0.254 e. The molecule has 0 radical (unpaired) electrons. The number of carbonyl (C=O) groups excluding carboxylic acids is 1. The van der Waals surface area contributed by atoms with Gasteiger partial charge in [0.2, 0.25) is 0 Å². The highest BCUT2D eigenvalue weighted by Gasteiger charge is 2.16. The van der Waals surface area contributed by atoms with Crippen LogP contribution in [0.1, 0.15) is 45.6 Å². The van der Waals surface area contributed by atoms with Gasteiger partial charge in [0.25, 0.3) is 5.91 Å². The van der Waals surface area contributed by atoms with Crippen molar-refractivity contribution in [2.75, 3.05) is 5.73 Å². The van der Waals surface area contributed by atoms with E-state index in [2.05, 4.69) is 20.4 Å². The lowest BCUT2D eigenvalue weighted by Crippen LogP contribution is -2.23. The standard InChI is InChI=1S/C27H25ClN6O/c1-15-8-23-22(6-7-30-26(23)29)16(2)24(15)13-32-27(35)20-11-33-34(14-20)17(3)18-4-5-25-19(9-18)10-21(28)12-31-25/h4-12,14,17H,13H2,1-3H3,(H2,29,30)(H,32,35). The normalized spacial score (nSPS) is 12.2. The number of aryl methyl sites for hydroxylation is 2. The monoisotopic (exact) mass is 484 g/mol. The quantitative estimate of drug-likeness (QED) is 0.349. The van der Waals surface area contributed by atoms with Gasteiger partial charge in [0.05, 0.1) is 28.3 Å². The van der Waals surface area contributed by atoms with Crippen molar-refractivity contribution in [3.8, 4) is 0 Å². The van der Waals surface area contributed by atoms with E-state index in [1.807, 2.05) is 57.2 Å². The Hall–Kier alpha value is -3.97. The fourth-order valence-electron chi connectivity index (χ4n) is 4.48. The van der Waals surface area contributed by atoms with Crippen molar-refractivity contribution >= 4 is 45.0 Å². The highest BCUT2D eigenvalue weighted by Crippen LogP contribution is 2.28. The number of rotatable bonds is 5. The maximum absolute atomic E-state index is 12.9. The third-order valence-electron chi connectivity index (χ3n) is 6.56. The lowest BCUT2D eigenvalue weighted by atomic mass is 9.96. The van der Waals surface area contributed by atoms with Crippen LogP contribution in [0.4, 0.5) is 5.82 Å². The molecular weight excluding hydrogens is 460 g/mol. The fourth-order valence-corrected chi connectivity index (χ4v) is 4.64. The molecule has 0 spiro atoms. The van der Waals surface area contributed by atoms with Gasteiger partial charge < -0.3 is 11.1 Å². The molecule has 8 heteroatoms. The summed E-state index contributed by atoms with van der Waals surface area (Å²) in [7, 11) is 0. The van der Waals surface area contributed by atoms with Crippen LogP contribution >= 0.6 is 11.6 Å². The first-order valence-electron chi connectivity index (χ1n) is 11.3. The molecule has 3 heterocycles. The summed E-state index contributed by atoms with van der Waals surface area (Å²) in [5.41, 5.74) is 11.7. The number of carbonyl (C=O) groups is 1. The van der Waals surface area contributed by atoms with Crippen LogP contribution < -0.4 is 11.1 Å². The number of nitrogens with two attached hydrogens (primary N) is 1. The van der Waals surface area contributed by atoms with Crippen LogP contribution in [-0.2, 0) is 6.54 Å². The first-order chi connectivity index (χ1) is 16.8. The van der Waals surface area contributed by atoms with Crippen LogP contribution in [0.15, 0.2) is 61.2 Å². The largest absolute Gasteiger partial charge is 0.383 e. The zero-order chi connectivity index (χ0) is 24.7. The molecule has 7 nitrogen and oxygen atoms in total. The number of pyridine rings is 2. The fraction of sp³-hybridized carbons (Fsp3) is 0.185. The number of halogens is 1. The van der Waals surface area contributed by atoms with E-state index in [1.165, 1.54) is 0 Å². The Bertz CT molecular complexity index is 1590. The SMILES string of the molecule is Cc1cc2c(N)nccc2c(C)c1CNC(=O)c1cnn(C(C)c2ccc3ncc(Cl)cc3c2)c1. The van der Waals surface area contributed by atoms with Gasteiger partial charge in [-0.15, -0.1) is 0 Å². The Morgan fingerprint density at radius 2 is 1.94 bits per heavy atom. The van der Waals surface area contributed by atoms with Crippen molar-refractivity contribution in [2.45, 2.75) is 33.4 Å². The summed E-state index contributed by atoms with van der Waals surface area (Å²) < 4.78 is 1.79. The second-order valence-corrected chi connectivity index (χ2v) is 9.20. The van der Waals surface area contributed by atoms with E-state index >= 15 is 0 Å². The number of benzene rings is 2. The van der Waals surface area contributed by atoms with E-state index in [0.29, 0.717) is 22.9 Å². The Balaban J connectivity index is 1.33. The smallest absolute Gasteiger partial charge is 0.254 e. The van der Waals surface area contributed by atoms with Gasteiger partial charge in [-0.05, 0) is 78.7 Å². The number of nitrogens with one attached hydrogen (secondary N) is 1. The second kappa shape index (κ2) is 9.00. The summed E-state index contributed by atoms with van der Waals surface area (Å²) in [6.45, 7) is 6.51. The van der Waals surface area contributed by atoms with Crippen LogP contribution in [0.25, 0.3) is 21.7 Å². The maximum atomic E-state index is 12.9. The minimum Gasteiger partial charge on any atom is -0.383 e.